The average molecular weight is 327 g/mol. The summed E-state index contributed by atoms with van der Waals surface area (Å²) in [6.07, 6.45) is 0. The summed E-state index contributed by atoms with van der Waals surface area (Å²) in [5.41, 5.74) is 2.92. The molecule has 2 aliphatic heterocycles. The van der Waals surface area contributed by atoms with E-state index < -0.39 is 5.72 Å². The van der Waals surface area contributed by atoms with Crippen LogP contribution in [0.15, 0.2) is 84.9 Å². The van der Waals surface area contributed by atoms with Gasteiger partial charge >= 0.3 is 0 Å². The molecule has 25 heavy (non-hydrogen) atoms. The number of amides is 1. The van der Waals surface area contributed by atoms with E-state index in [9.17, 15) is 4.79 Å². The summed E-state index contributed by atoms with van der Waals surface area (Å²) in [6, 6.07) is 27.9. The second kappa shape index (κ2) is 5.30. The minimum absolute atomic E-state index is 0.0332. The van der Waals surface area contributed by atoms with Gasteiger partial charge in [0, 0.05) is 16.7 Å². The van der Waals surface area contributed by atoms with Crippen molar-refractivity contribution in [1.29, 1.82) is 0 Å². The monoisotopic (exact) mass is 327 g/mol. The minimum Gasteiger partial charge on any atom is -0.344 e. The van der Waals surface area contributed by atoms with Crippen LogP contribution in [0, 0.1) is 0 Å². The van der Waals surface area contributed by atoms with Gasteiger partial charge in [-0.3, -0.25) is 9.69 Å². The van der Waals surface area contributed by atoms with E-state index in [1.807, 2.05) is 77.7 Å². The fourth-order valence-electron chi connectivity index (χ4n) is 4.11. The highest BCUT2D eigenvalue weighted by Crippen LogP contribution is 2.53. The van der Waals surface area contributed by atoms with Crippen molar-refractivity contribution in [3.63, 3.8) is 0 Å². The first-order chi connectivity index (χ1) is 12.3. The van der Waals surface area contributed by atoms with E-state index >= 15 is 0 Å². The molecule has 0 bridgehead atoms. The standard InChI is InChI=1S/C22H17NO2/c24-21-18-13-7-8-14-19(18)22(17-11-5-2-6-12-17)23(21)20(15-25-22)16-9-3-1-4-10-16/h1-14,20H,15H2. The first-order valence-corrected chi connectivity index (χ1v) is 8.50. The molecule has 0 spiro atoms. The average Bonchev–Trinajstić information content (AvgIpc) is 3.20. The number of benzene rings is 3. The van der Waals surface area contributed by atoms with Gasteiger partial charge in [0.25, 0.3) is 5.91 Å². The van der Waals surface area contributed by atoms with Crippen molar-refractivity contribution in [2.24, 2.45) is 0 Å². The second-order valence-electron chi connectivity index (χ2n) is 6.47. The zero-order valence-electron chi connectivity index (χ0n) is 13.6. The lowest BCUT2D eigenvalue weighted by Crippen LogP contribution is -2.41. The van der Waals surface area contributed by atoms with Gasteiger partial charge in [-0.25, -0.2) is 0 Å². The molecule has 2 heterocycles. The molecule has 0 saturated carbocycles. The molecule has 0 N–H and O–H groups in total. The van der Waals surface area contributed by atoms with Crippen LogP contribution in [0.1, 0.15) is 33.1 Å². The lowest BCUT2D eigenvalue weighted by Gasteiger charge is -2.34. The van der Waals surface area contributed by atoms with E-state index in [1.165, 1.54) is 0 Å². The van der Waals surface area contributed by atoms with Crippen molar-refractivity contribution in [2.45, 2.75) is 11.8 Å². The van der Waals surface area contributed by atoms with Crippen molar-refractivity contribution in [1.82, 2.24) is 4.90 Å². The molecule has 1 saturated heterocycles. The van der Waals surface area contributed by atoms with E-state index in [1.54, 1.807) is 0 Å². The maximum atomic E-state index is 13.3. The second-order valence-corrected chi connectivity index (χ2v) is 6.47. The number of hydrogen-bond acceptors (Lipinski definition) is 2. The Morgan fingerprint density at radius 3 is 2.24 bits per heavy atom. The first-order valence-electron chi connectivity index (χ1n) is 8.50. The van der Waals surface area contributed by atoms with Gasteiger partial charge in [0.05, 0.1) is 12.6 Å². The van der Waals surface area contributed by atoms with Crippen molar-refractivity contribution >= 4 is 5.91 Å². The van der Waals surface area contributed by atoms with E-state index in [0.717, 1.165) is 22.3 Å². The predicted octanol–water partition coefficient (Wildman–Crippen LogP) is 4.12. The Morgan fingerprint density at radius 2 is 1.48 bits per heavy atom. The smallest absolute Gasteiger partial charge is 0.257 e. The maximum Gasteiger partial charge on any atom is 0.257 e. The number of fused-ring (bicyclic) bond motifs is 3. The molecule has 5 rings (SSSR count). The molecule has 2 aliphatic rings. The zero-order valence-corrected chi connectivity index (χ0v) is 13.6. The molecule has 3 heteroatoms. The van der Waals surface area contributed by atoms with Crippen LogP contribution in [0.25, 0.3) is 0 Å². The van der Waals surface area contributed by atoms with Crippen LogP contribution in [0.3, 0.4) is 0 Å². The van der Waals surface area contributed by atoms with E-state index in [2.05, 4.69) is 12.1 Å². The number of nitrogens with zero attached hydrogens (tertiary/aromatic N) is 1. The zero-order chi connectivity index (χ0) is 16.9. The van der Waals surface area contributed by atoms with Crippen molar-refractivity contribution in [3.8, 4) is 0 Å². The van der Waals surface area contributed by atoms with Crippen LogP contribution >= 0.6 is 0 Å². The number of carbonyl (C=O) groups is 1. The normalized spacial score (nSPS) is 24.2. The molecule has 3 aromatic rings. The van der Waals surface area contributed by atoms with Gasteiger partial charge in [-0.1, -0.05) is 78.9 Å². The molecule has 0 aromatic heterocycles. The summed E-state index contributed by atoms with van der Waals surface area (Å²) >= 11 is 0. The summed E-state index contributed by atoms with van der Waals surface area (Å²) in [6.45, 7) is 0.485. The van der Waals surface area contributed by atoms with Crippen LogP contribution in [0.4, 0.5) is 0 Å². The SMILES string of the molecule is O=C1c2ccccc2C2(c3ccccc3)OCC(c3ccccc3)N12. The molecular formula is C22H17NO2. The van der Waals surface area contributed by atoms with Gasteiger partial charge in [-0.05, 0) is 11.6 Å². The molecule has 122 valence electrons. The Hall–Kier alpha value is -2.91. The maximum absolute atomic E-state index is 13.3. The highest BCUT2D eigenvalue weighted by Gasteiger charge is 2.58. The minimum atomic E-state index is -0.838. The summed E-state index contributed by atoms with van der Waals surface area (Å²) in [5, 5.41) is 0. The molecule has 0 aliphatic carbocycles. The summed E-state index contributed by atoms with van der Waals surface area (Å²) < 4.78 is 6.42. The molecule has 1 fully saturated rings. The van der Waals surface area contributed by atoms with Crippen molar-refractivity contribution in [2.75, 3.05) is 6.61 Å². The van der Waals surface area contributed by atoms with Crippen LogP contribution in [0.2, 0.25) is 0 Å². The molecule has 0 radical (unpaired) electrons. The van der Waals surface area contributed by atoms with Gasteiger partial charge in [0.15, 0.2) is 5.72 Å². The van der Waals surface area contributed by atoms with Crippen molar-refractivity contribution < 1.29 is 9.53 Å². The third kappa shape index (κ3) is 1.87. The van der Waals surface area contributed by atoms with Gasteiger partial charge < -0.3 is 4.74 Å². The van der Waals surface area contributed by atoms with Crippen LogP contribution < -0.4 is 0 Å². The summed E-state index contributed by atoms with van der Waals surface area (Å²) in [7, 11) is 0. The van der Waals surface area contributed by atoms with Gasteiger partial charge in [0.2, 0.25) is 0 Å². The number of carbonyl (C=O) groups excluding carboxylic acids is 1. The van der Waals surface area contributed by atoms with Crippen LogP contribution in [-0.2, 0) is 10.5 Å². The number of hydrogen-bond donors (Lipinski definition) is 0. The molecule has 3 nitrogen and oxygen atoms in total. The Bertz CT molecular complexity index is 939. The Balaban J connectivity index is 1.75. The van der Waals surface area contributed by atoms with E-state index in [0.29, 0.717) is 6.61 Å². The fourth-order valence-corrected chi connectivity index (χ4v) is 4.11. The molecule has 1 amide bonds. The van der Waals surface area contributed by atoms with E-state index in [4.69, 9.17) is 4.74 Å². The largest absolute Gasteiger partial charge is 0.344 e. The Labute approximate surface area is 146 Å². The molecule has 2 atom stereocenters. The quantitative estimate of drug-likeness (QED) is 0.709. The van der Waals surface area contributed by atoms with Crippen molar-refractivity contribution in [3.05, 3.63) is 107 Å². The molecule has 3 aromatic carbocycles. The van der Waals surface area contributed by atoms with Gasteiger partial charge in [-0.2, -0.15) is 0 Å². The number of ether oxygens (including phenoxy) is 1. The molecule has 2 unspecified atom stereocenters. The first kappa shape index (κ1) is 14.4. The summed E-state index contributed by atoms with van der Waals surface area (Å²) in [4.78, 5) is 15.2. The van der Waals surface area contributed by atoms with Gasteiger partial charge in [-0.15, -0.1) is 0 Å². The Morgan fingerprint density at radius 1 is 0.840 bits per heavy atom. The highest BCUT2D eigenvalue weighted by atomic mass is 16.5. The Kier molecular flexibility index (Phi) is 3.06. The predicted molar refractivity (Wildman–Crippen MR) is 95.0 cm³/mol. The third-order valence-electron chi connectivity index (χ3n) is 5.19. The van der Waals surface area contributed by atoms with Gasteiger partial charge in [0.1, 0.15) is 0 Å². The topological polar surface area (TPSA) is 29.5 Å². The van der Waals surface area contributed by atoms with E-state index in [-0.39, 0.29) is 11.9 Å². The van der Waals surface area contributed by atoms with Crippen LogP contribution in [-0.4, -0.2) is 17.4 Å². The lowest BCUT2D eigenvalue weighted by molar-refractivity contribution is -0.0324. The summed E-state index contributed by atoms with van der Waals surface area (Å²) in [5.74, 6) is 0.0332. The van der Waals surface area contributed by atoms with Crippen LogP contribution in [0.5, 0.6) is 0 Å². The number of rotatable bonds is 2. The fraction of sp³-hybridized carbons (Fsp3) is 0.136. The molecular weight excluding hydrogens is 310 g/mol. The third-order valence-corrected chi connectivity index (χ3v) is 5.19. The highest BCUT2D eigenvalue weighted by molar-refractivity contribution is 6.01. The lowest BCUT2D eigenvalue weighted by atomic mass is 9.93.